The third-order valence-electron chi connectivity index (χ3n) is 2.43. The number of nitrogens with zero attached hydrogens (tertiary/aromatic N) is 2. The Kier molecular flexibility index (Phi) is 4.49. The van der Waals surface area contributed by atoms with Gasteiger partial charge in [-0.05, 0) is 19.4 Å². The van der Waals surface area contributed by atoms with E-state index in [1.807, 2.05) is 0 Å². The first kappa shape index (κ1) is 11.1. The highest BCUT2D eigenvalue weighted by molar-refractivity contribution is 5.05. The van der Waals surface area contributed by atoms with Crippen LogP contribution in [0.2, 0.25) is 0 Å². The van der Waals surface area contributed by atoms with Gasteiger partial charge in [-0.25, -0.2) is 0 Å². The number of hydrogen-bond donors (Lipinski definition) is 2. The van der Waals surface area contributed by atoms with Gasteiger partial charge in [-0.3, -0.25) is 9.97 Å². The summed E-state index contributed by atoms with van der Waals surface area (Å²) in [7, 11) is 0. The van der Waals surface area contributed by atoms with E-state index in [-0.39, 0.29) is 12.0 Å². The normalized spacial score (nSPS) is 15.1. The maximum atomic E-state index is 6.01. The third kappa shape index (κ3) is 3.05. The van der Waals surface area contributed by atoms with Crippen molar-refractivity contribution in [3.63, 3.8) is 0 Å². The monoisotopic (exact) mass is 194 g/mol. The average molecular weight is 194 g/mol. The quantitative estimate of drug-likeness (QED) is 0.721. The van der Waals surface area contributed by atoms with Crippen LogP contribution in [0.4, 0.5) is 0 Å². The Morgan fingerprint density at radius 3 is 2.79 bits per heavy atom. The van der Waals surface area contributed by atoms with Gasteiger partial charge in [0.15, 0.2) is 0 Å². The second kappa shape index (κ2) is 5.67. The average Bonchev–Trinajstić information content (AvgIpc) is 2.26. The zero-order valence-electron chi connectivity index (χ0n) is 8.56. The molecule has 0 spiro atoms. The van der Waals surface area contributed by atoms with Gasteiger partial charge in [0.1, 0.15) is 0 Å². The van der Waals surface area contributed by atoms with Gasteiger partial charge in [0, 0.05) is 30.6 Å². The van der Waals surface area contributed by atoms with Crippen molar-refractivity contribution in [1.82, 2.24) is 9.97 Å². The molecule has 14 heavy (non-hydrogen) atoms. The van der Waals surface area contributed by atoms with Crippen molar-refractivity contribution in [3.05, 3.63) is 24.3 Å². The molecule has 0 fully saturated rings. The fourth-order valence-electron chi connectivity index (χ4n) is 1.37. The molecule has 0 aliphatic heterocycles. The summed E-state index contributed by atoms with van der Waals surface area (Å²) in [4.78, 5) is 8.26. The van der Waals surface area contributed by atoms with Gasteiger partial charge >= 0.3 is 0 Å². The molecule has 1 aromatic heterocycles. The topological polar surface area (TPSA) is 77.8 Å². The van der Waals surface area contributed by atoms with Crippen LogP contribution in [0.25, 0.3) is 0 Å². The molecule has 0 aromatic carbocycles. The minimum Gasteiger partial charge on any atom is -0.330 e. The van der Waals surface area contributed by atoms with Gasteiger partial charge in [-0.15, -0.1) is 0 Å². The van der Waals surface area contributed by atoms with Crippen molar-refractivity contribution in [3.8, 4) is 0 Å². The Morgan fingerprint density at radius 1 is 1.43 bits per heavy atom. The Hall–Kier alpha value is -1.00. The molecule has 78 valence electrons. The summed E-state index contributed by atoms with van der Waals surface area (Å²) in [5.74, 6) is 0.246. The molecular formula is C10H18N4. The summed E-state index contributed by atoms with van der Waals surface area (Å²) in [6.07, 6.45) is 7.04. The second-order valence-electron chi connectivity index (χ2n) is 3.51. The molecule has 1 heterocycles. The zero-order valence-corrected chi connectivity index (χ0v) is 8.56. The van der Waals surface area contributed by atoms with Crippen molar-refractivity contribution in [2.75, 3.05) is 6.54 Å². The van der Waals surface area contributed by atoms with Gasteiger partial charge in [0.05, 0.1) is 5.69 Å². The summed E-state index contributed by atoms with van der Waals surface area (Å²) in [6, 6.07) is 0.121. The predicted molar refractivity (Wildman–Crippen MR) is 56.7 cm³/mol. The van der Waals surface area contributed by atoms with Gasteiger partial charge < -0.3 is 11.5 Å². The molecule has 2 unspecified atom stereocenters. The van der Waals surface area contributed by atoms with Crippen molar-refractivity contribution in [2.45, 2.75) is 31.7 Å². The maximum absolute atomic E-state index is 6.01. The van der Waals surface area contributed by atoms with Crippen molar-refractivity contribution >= 4 is 0 Å². The molecule has 1 aromatic rings. The second-order valence-corrected chi connectivity index (χ2v) is 3.51. The van der Waals surface area contributed by atoms with E-state index < -0.39 is 0 Å². The predicted octanol–water partition coefficient (Wildman–Crippen LogP) is 0.646. The van der Waals surface area contributed by atoms with Crippen LogP contribution in [0, 0.1) is 0 Å². The van der Waals surface area contributed by atoms with Crippen molar-refractivity contribution in [2.24, 2.45) is 11.5 Å². The summed E-state index contributed by atoms with van der Waals surface area (Å²) in [5.41, 5.74) is 12.4. The largest absolute Gasteiger partial charge is 0.330 e. The standard InChI is InChI=1S/C10H18N4/c1-8(9(12)3-2-4-11)10-7-13-5-6-14-10/h5-9H,2-4,11-12H2,1H3. The minimum absolute atomic E-state index is 0.121. The molecular weight excluding hydrogens is 176 g/mol. The van der Waals surface area contributed by atoms with E-state index in [4.69, 9.17) is 11.5 Å². The van der Waals surface area contributed by atoms with Gasteiger partial charge in [0.2, 0.25) is 0 Å². The molecule has 0 radical (unpaired) electrons. The van der Waals surface area contributed by atoms with Gasteiger partial charge in [-0.1, -0.05) is 6.92 Å². The third-order valence-corrected chi connectivity index (χ3v) is 2.43. The number of aromatic nitrogens is 2. The molecule has 0 aliphatic carbocycles. The molecule has 0 saturated heterocycles. The molecule has 0 aliphatic rings. The first-order valence-electron chi connectivity index (χ1n) is 4.97. The van der Waals surface area contributed by atoms with Crippen LogP contribution in [0.15, 0.2) is 18.6 Å². The molecule has 4 heteroatoms. The van der Waals surface area contributed by atoms with Crippen LogP contribution < -0.4 is 11.5 Å². The van der Waals surface area contributed by atoms with Gasteiger partial charge in [0.25, 0.3) is 0 Å². The lowest BCUT2D eigenvalue weighted by Gasteiger charge is -2.18. The van der Waals surface area contributed by atoms with E-state index in [0.29, 0.717) is 6.54 Å². The zero-order chi connectivity index (χ0) is 10.4. The fraction of sp³-hybridized carbons (Fsp3) is 0.600. The van der Waals surface area contributed by atoms with Crippen LogP contribution in [0.3, 0.4) is 0 Å². The number of hydrogen-bond acceptors (Lipinski definition) is 4. The van der Waals surface area contributed by atoms with Crippen molar-refractivity contribution in [1.29, 1.82) is 0 Å². The Labute approximate surface area is 84.7 Å². The molecule has 4 nitrogen and oxygen atoms in total. The minimum atomic E-state index is 0.121. The molecule has 0 bridgehead atoms. The summed E-state index contributed by atoms with van der Waals surface area (Å²) < 4.78 is 0. The van der Waals surface area contributed by atoms with Crippen LogP contribution in [0.5, 0.6) is 0 Å². The smallest absolute Gasteiger partial charge is 0.0630 e. The van der Waals surface area contributed by atoms with E-state index in [0.717, 1.165) is 18.5 Å². The van der Waals surface area contributed by atoms with Gasteiger partial charge in [-0.2, -0.15) is 0 Å². The lowest BCUT2D eigenvalue weighted by Crippen LogP contribution is -2.28. The highest BCUT2D eigenvalue weighted by atomic mass is 14.8. The maximum Gasteiger partial charge on any atom is 0.0630 e. The molecule has 0 saturated carbocycles. The first-order chi connectivity index (χ1) is 6.75. The Morgan fingerprint density at radius 2 is 2.21 bits per heavy atom. The Balaban J connectivity index is 2.52. The lowest BCUT2D eigenvalue weighted by atomic mass is 9.95. The summed E-state index contributed by atoms with van der Waals surface area (Å²) >= 11 is 0. The highest BCUT2D eigenvalue weighted by Gasteiger charge is 2.15. The molecule has 2 atom stereocenters. The van der Waals surface area contributed by atoms with Crippen molar-refractivity contribution < 1.29 is 0 Å². The van der Waals surface area contributed by atoms with Crippen LogP contribution >= 0.6 is 0 Å². The Bertz CT molecular complexity index is 250. The molecule has 1 rings (SSSR count). The number of nitrogens with two attached hydrogens (primary N) is 2. The molecule has 0 amide bonds. The lowest BCUT2D eigenvalue weighted by molar-refractivity contribution is 0.505. The van der Waals surface area contributed by atoms with E-state index in [9.17, 15) is 0 Å². The summed E-state index contributed by atoms with van der Waals surface area (Å²) in [6.45, 7) is 2.77. The van der Waals surface area contributed by atoms with Crippen LogP contribution in [-0.2, 0) is 0 Å². The van der Waals surface area contributed by atoms with E-state index in [1.54, 1.807) is 18.6 Å². The summed E-state index contributed by atoms with van der Waals surface area (Å²) in [5, 5.41) is 0. The van der Waals surface area contributed by atoms with E-state index >= 15 is 0 Å². The first-order valence-corrected chi connectivity index (χ1v) is 4.97. The fourth-order valence-corrected chi connectivity index (χ4v) is 1.37. The SMILES string of the molecule is CC(c1cnccn1)C(N)CCCN. The van der Waals surface area contributed by atoms with Crippen LogP contribution in [-0.4, -0.2) is 22.6 Å². The van der Waals surface area contributed by atoms with Crippen LogP contribution in [0.1, 0.15) is 31.4 Å². The van der Waals surface area contributed by atoms with E-state index in [1.165, 1.54) is 0 Å². The molecule has 4 N–H and O–H groups in total. The van der Waals surface area contributed by atoms with E-state index in [2.05, 4.69) is 16.9 Å². The highest BCUT2D eigenvalue weighted by Crippen LogP contribution is 2.17. The number of rotatable bonds is 5.